The fraction of sp³-hybridized carbons (Fsp3) is 0.304. The number of rotatable bonds is 7. The number of pyridine rings is 1. The number of aromatic nitrogens is 3. The second kappa shape index (κ2) is 9.18. The number of nitrogens with zero attached hydrogens (tertiary/aromatic N) is 4. The Morgan fingerprint density at radius 2 is 1.94 bits per heavy atom. The first-order valence-corrected chi connectivity index (χ1v) is 10.2. The molecule has 3 aromatic rings. The number of amides is 1. The molecule has 0 aliphatic carbocycles. The molecule has 160 valence electrons. The molecule has 1 N–H and O–H groups in total. The Labute approximate surface area is 180 Å². The van der Waals surface area contributed by atoms with Crippen molar-refractivity contribution in [2.75, 3.05) is 31.6 Å². The number of halogens is 1. The number of likely N-dealkylation sites (tertiary alicyclic amines) is 1. The summed E-state index contributed by atoms with van der Waals surface area (Å²) in [6.45, 7) is 7.44. The second-order valence-electron chi connectivity index (χ2n) is 7.46. The van der Waals surface area contributed by atoms with Crippen LogP contribution < -0.4 is 10.1 Å². The predicted molar refractivity (Wildman–Crippen MR) is 116 cm³/mol. The Balaban J connectivity index is 1.63. The normalized spacial score (nSPS) is 13.5. The molecule has 1 aliphatic rings. The summed E-state index contributed by atoms with van der Waals surface area (Å²) >= 11 is 0. The molecule has 0 spiro atoms. The number of hydrogen-bond acceptors (Lipinski definition) is 6. The van der Waals surface area contributed by atoms with Crippen molar-refractivity contribution in [1.29, 1.82) is 0 Å². The summed E-state index contributed by atoms with van der Waals surface area (Å²) in [4.78, 5) is 27.3. The highest BCUT2D eigenvalue weighted by Crippen LogP contribution is 2.35. The Kier molecular flexibility index (Phi) is 6.18. The number of carbonyl (C=O) groups excluding carboxylic acids is 1. The summed E-state index contributed by atoms with van der Waals surface area (Å²) in [5.41, 5.74) is 3.48. The topological polar surface area (TPSA) is 80.2 Å². The predicted octanol–water partition coefficient (Wildman–Crippen LogP) is 3.63. The number of hydrogen-bond donors (Lipinski definition) is 1. The van der Waals surface area contributed by atoms with E-state index in [-0.39, 0.29) is 5.69 Å². The van der Waals surface area contributed by atoms with Gasteiger partial charge in [0, 0.05) is 40.9 Å². The van der Waals surface area contributed by atoms with Gasteiger partial charge in [0.25, 0.3) is 5.91 Å². The number of ether oxygens (including phenoxy) is 1. The van der Waals surface area contributed by atoms with Crippen LogP contribution in [0.2, 0.25) is 0 Å². The van der Waals surface area contributed by atoms with E-state index >= 15 is 0 Å². The molecule has 1 amide bonds. The zero-order valence-electron chi connectivity index (χ0n) is 17.6. The summed E-state index contributed by atoms with van der Waals surface area (Å²) in [5, 5.41) is 2.72. The maximum absolute atomic E-state index is 13.9. The maximum atomic E-state index is 13.9. The summed E-state index contributed by atoms with van der Waals surface area (Å²) in [7, 11) is 0. The van der Waals surface area contributed by atoms with Crippen molar-refractivity contribution in [1.82, 2.24) is 19.9 Å². The SMILES string of the molecule is Cc1ncnc(C)c1-c1cc(NC(=O)c2ncccc2F)ccc1OCCN1CCC1. The van der Waals surface area contributed by atoms with Gasteiger partial charge in [0.1, 0.15) is 18.7 Å². The Hall–Kier alpha value is -3.39. The van der Waals surface area contributed by atoms with E-state index in [0.29, 0.717) is 18.0 Å². The van der Waals surface area contributed by atoms with Crippen LogP contribution in [0.25, 0.3) is 11.1 Å². The van der Waals surface area contributed by atoms with Crippen molar-refractivity contribution in [3.05, 3.63) is 65.8 Å². The van der Waals surface area contributed by atoms with Crippen LogP contribution >= 0.6 is 0 Å². The largest absolute Gasteiger partial charge is 0.492 e. The molecule has 4 rings (SSSR count). The molecule has 0 unspecified atom stereocenters. The highest BCUT2D eigenvalue weighted by Gasteiger charge is 2.18. The molecular weight excluding hydrogens is 397 g/mol. The summed E-state index contributed by atoms with van der Waals surface area (Å²) in [6.07, 6.45) is 4.14. The molecule has 31 heavy (non-hydrogen) atoms. The summed E-state index contributed by atoms with van der Waals surface area (Å²) in [5.74, 6) is -0.605. The fourth-order valence-electron chi connectivity index (χ4n) is 3.54. The van der Waals surface area contributed by atoms with Gasteiger partial charge in [0.2, 0.25) is 0 Å². The molecule has 1 saturated heterocycles. The lowest BCUT2D eigenvalue weighted by Gasteiger charge is -2.30. The van der Waals surface area contributed by atoms with Gasteiger partial charge in [-0.05, 0) is 63.7 Å². The lowest BCUT2D eigenvalue weighted by Crippen LogP contribution is -2.39. The number of aryl methyl sites for hydroxylation is 2. The summed E-state index contributed by atoms with van der Waals surface area (Å²) in [6, 6.07) is 7.99. The highest BCUT2D eigenvalue weighted by atomic mass is 19.1. The van der Waals surface area contributed by atoms with Crippen LogP contribution in [0.5, 0.6) is 5.75 Å². The molecule has 0 bridgehead atoms. The third-order valence-electron chi connectivity index (χ3n) is 5.32. The second-order valence-corrected chi connectivity index (χ2v) is 7.46. The van der Waals surface area contributed by atoms with E-state index in [1.165, 1.54) is 31.1 Å². The van der Waals surface area contributed by atoms with Crippen LogP contribution in [-0.2, 0) is 0 Å². The zero-order valence-corrected chi connectivity index (χ0v) is 17.6. The number of carbonyl (C=O) groups is 1. The number of benzene rings is 1. The first-order valence-electron chi connectivity index (χ1n) is 10.2. The Morgan fingerprint density at radius 1 is 1.16 bits per heavy atom. The minimum Gasteiger partial charge on any atom is -0.492 e. The van der Waals surface area contributed by atoms with Crippen LogP contribution in [0.4, 0.5) is 10.1 Å². The van der Waals surface area contributed by atoms with Crippen molar-refractivity contribution < 1.29 is 13.9 Å². The van der Waals surface area contributed by atoms with Gasteiger partial charge in [-0.1, -0.05) is 0 Å². The first-order chi connectivity index (χ1) is 15.0. The Morgan fingerprint density at radius 3 is 2.61 bits per heavy atom. The number of nitrogens with one attached hydrogen (secondary N) is 1. The van der Waals surface area contributed by atoms with Crippen molar-refractivity contribution in [2.24, 2.45) is 0 Å². The van der Waals surface area contributed by atoms with Gasteiger partial charge in [-0.15, -0.1) is 0 Å². The lowest BCUT2D eigenvalue weighted by molar-refractivity contribution is 0.101. The highest BCUT2D eigenvalue weighted by molar-refractivity contribution is 6.03. The van der Waals surface area contributed by atoms with Crippen molar-refractivity contribution in [3.63, 3.8) is 0 Å². The fourth-order valence-corrected chi connectivity index (χ4v) is 3.54. The molecule has 0 atom stereocenters. The molecular formula is C23H24FN5O2. The minimum atomic E-state index is -0.672. The maximum Gasteiger partial charge on any atom is 0.277 e. The third-order valence-corrected chi connectivity index (χ3v) is 5.32. The van der Waals surface area contributed by atoms with E-state index in [2.05, 4.69) is 25.2 Å². The van der Waals surface area contributed by atoms with E-state index in [1.807, 2.05) is 19.9 Å². The van der Waals surface area contributed by atoms with E-state index in [9.17, 15) is 9.18 Å². The standard InChI is InChI=1S/C23H24FN5O2/c1-15-21(16(2)27-14-26-15)18-13-17(28-23(30)22-19(24)5-3-8-25-22)6-7-20(18)31-12-11-29-9-4-10-29/h3,5-8,13-14H,4,9-12H2,1-2H3,(H,28,30). The quantitative estimate of drug-likeness (QED) is 0.628. The Bertz CT molecular complexity index is 1080. The summed E-state index contributed by atoms with van der Waals surface area (Å²) < 4.78 is 20.0. The monoisotopic (exact) mass is 421 g/mol. The van der Waals surface area contributed by atoms with Crippen molar-refractivity contribution in [3.8, 4) is 16.9 Å². The minimum absolute atomic E-state index is 0.255. The van der Waals surface area contributed by atoms with Gasteiger partial charge in [-0.3, -0.25) is 9.69 Å². The molecule has 1 aromatic carbocycles. The van der Waals surface area contributed by atoms with E-state index in [4.69, 9.17) is 4.74 Å². The van der Waals surface area contributed by atoms with E-state index in [1.54, 1.807) is 12.1 Å². The van der Waals surface area contributed by atoms with Gasteiger partial charge in [0.15, 0.2) is 11.5 Å². The number of anilines is 1. The average Bonchev–Trinajstić information content (AvgIpc) is 2.71. The lowest BCUT2D eigenvalue weighted by atomic mass is 10.0. The van der Waals surface area contributed by atoms with Crippen molar-refractivity contribution in [2.45, 2.75) is 20.3 Å². The smallest absolute Gasteiger partial charge is 0.277 e. The van der Waals surface area contributed by atoms with Gasteiger partial charge in [0.05, 0.1) is 0 Å². The first kappa shape index (κ1) is 20.9. The van der Waals surface area contributed by atoms with Crippen LogP contribution in [0.15, 0.2) is 42.9 Å². The van der Waals surface area contributed by atoms with Crippen LogP contribution in [-0.4, -0.2) is 52.0 Å². The van der Waals surface area contributed by atoms with Gasteiger partial charge < -0.3 is 10.1 Å². The van der Waals surface area contributed by atoms with Crippen LogP contribution in [0, 0.1) is 19.7 Å². The molecule has 0 radical (unpaired) electrons. The molecule has 3 heterocycles. The van der Waals surface area contributed by atoms with Crippen LogP contribution in [0.1, 0.15) is 28.3 Å². The molecule has 8 heteroatoms. The molecule has 2 aromatic heterocycles. The van der Waals surface area contributed by atoms with Gasteiger partial charge in [-0.2, -0.15) is 0 Å². The molecule has 1 fully saturated rings. The van der Waals surface area contributed by atoms with E-state index in [0.717, 1.165) is 42.1 Å². The van der Waals surface area contributed by atoms with Crippen LogP contribution in [0.3, 0.4) is 0 Å². The van der Waals surface area contributed by atoms with Gasteiger partial charge in [-0.25, -0.2) is 19.3 Å². The van der Waals surface area contributed by atoms with E-state index < -0.39 is 11.7 Å². The third kappa shape index (κ3) is 4.69. The molecule has 1 aliphatic heterocycles. The molecule has 7 nitrogen and oxygen atoms in total. The van der Waals surface area contributed by atoms with Gasteiger partial charge >= 0.3 is 0 Å². The average molecular weight is 421 g/mol. The van der Waals surface area contributed by atoms with Crippen molar-refractivity contribution >= 4 is 11.6 Å². The molecule has 0 saturated carbocycles. The zero-order chi connectivity index (χ0) is 21.8.